The van der Waals surface area contributed by atoms with Gasteiger partial charge in [-0.15, -0.1) is 0 Å². The van der Waals surface area contributed by atoms with Gasteiger partial charge in [-0.3, -0.25) is 5.01 Å². The molecule has 0 N–H and O–H groups in total. The van der Waals surface area contributed by atoms with Crippen LogP contribution in [0.1, 0.15) is 32.1 Å². The van der Waals surface area contributed by atoms with Crippen LogP contribution in [0.2, 0.25) is 0 Å². The molecular formula is C10H16N2O. The van der Waals surface area contributed by atoms with Crippen molar-refractivity contribution in [2.24, 2.45) is 11.0 Å². The highest BCUT2D eigenvalue weighted by Gasteiger charge is 2.39. The average Bonchev–Trinajstić information content (AvgIpc) is 2.47. The second-order valence-electron chi connectivity index (χ2n) is 4.27. The van der Waals surface area contributed by atoms with Crippen molar-refractivity contribution in [3.05, 3.63) is 0 Å². The smallest absolute Gasteiger partial charge is 0.148 e. The van der Waals surface area contributed by atoms with E-state index in [9.17, 15) is 0 Å². The maximum absolute atomic E-state index is 5.48. The number of nitrogens with zero attached hydrogens (tertiary/aromatic N) is 2. The van der Waals surface area contributed by atoms with Gasteiger partial charge in [0, 0.05) is 18.6 Å². The fourth-order valence-electron chi connectivity index (χ4n) is 2.61. The summed E-state index contributed by atoms with van der Waals surface area (Å²) in [6.45, 7) is 0.925. The molecule has 0 amide bonds. The van der Waals surface area contributed by atoms with Crippen LogP contribution in [0.15, 0.2) is 5.10 Å². The molecule has 0 bridgehead atoms. The standard InChI is InChI=1S/C10H16N2O/c1-2-4-9-8(3-1)7-11-12(9)10-5-6-13-10/h7-10H,1-6H2/t8-,9?,10-/m1/s1. The lowest BCUT2D eigenvalue weighted by atomic mass is 9.86. The summed E-state index contributed by atoms with van der Waals surface area (Å²) in [5.41, 5.74) is 0. The molecule has 1 saturated heterocycles. The summed E-state index contributed by atoms with van der Waals surface area (Å²) in [5, 5.41) is 6.70. The van der Waals surface area contributed by atoms with Crippen molar-refractivity contribution in [3.8, 4) is 0 Å². The number of hydrazone groups is 1. The predicted octanol–water partition coefficient (Wildman–Crippen LogP) is 1.59. The van der Waals surface area contributed by atoms with Crippen molar-refractivity contribution in [2.75, 3.05) is 6.61 Å². The zero-order valence-electron chi connectivity index (χ0n) is 7.85. The molecule has 13 heavy (non-hydrogen) atoms. The number of hydrogen-bond acceptors (Lipinski definition) is 3. The van der Waals surface area contributed by atoms with E-state index < -0.39 is 0 Å². The number of ether oxygens (including phenoxy) is 1. The molecule has 0 radical (unpaired) electrons. The fourth-order valence-corrected chi connectivity index (χ4v) is 2.61. The second kappa shape index (κ2) is 2.98. The van der Waals surface area contributed by atoms with Crippen molar-refractivity contribution in [1.82, 2.24) is 5.01 Å². The van der Waals surface area contributed by atoms with Crippen molar-refractivity contribution < 1.29 is 4.74 Å². The van der Waals surface area contributed by atoms with E-state index in [-0.39, 0.29) is 0 Å². The highest BCUT2D eigenvalue weighted by Crippen LogP contribution is 2.35. The summed E-state index contributed by atoms with van der Waals surface area (Å²) in [4.78, 5) is 0. The molecule has 2 heterocycles. The van der Waals surface area contributed by atoms with Gasteiger partial charge in [-0.1, -0.05) is 12.8 Å². The van der Waals surface area contributed by atoms with Gasteiger partial charge in [-0.25, -0.2) is 0 Å². The Morgan fingerprint density at radius 2 is 2.08 bits per heavy atom. The van der Waals surface area contributed by atoms with Crippen molar-refractivity contribution in [1.29, 1.82) is 0 Å². The molecule has 3 rings (SSSR count). The van der Waals surface area contributed by atoms with Crippen LogP contribution in [0.5, 0.6) is 0 Å². The molecule has 3 aliphatic rings. The first kappa shape index (κ1) is 7.80. The summed E-state index contributed by atoms with van der Waals surface area (Å²) in [5.74, 6) is 0.720. The van der Waals surface area contributed by atoms with Crippen molar-refractivity contribution >= 4 is 6.21 Å². The summed E-state index contributed by atoms with van der Waals surface area (Å²) in [7, 11) is 0. The molecule has 1 unspecified atom stereocenters. The van der Waals surface area contributed by atoms with Gasteiger partial charge >= 0.3 is 0 Å². The van der Waals surface area contributed by atoms with E-state index in [4.69, 9.17) is 4.74 Å². The highest BCUT2D eigenvalue weighted by molar-refractivity contribution is 5.63. The molecule has 3 nitrogen and oxygen atoms in total. The molecule has 2 fully saturated rings. The average molecular weight is 180 g/mol. The summed E-state index contributed by atoms with van der Waals surface area (Å²) in [6, 6.07) is 0.666. The maximum atomic E-state index is 5.48. The summed E-state index contributed by atoms with van der Waals surface area (Å²) in [6.07, 6.45) is 9.01. The zero-order valence-corrected chi connectivity index (χ0v) is 7.85. The summed E-state index contributed by atoms with van der Waals surface area (Å²) >= 11 is 0. The third-order valence-electron chi connectivity index (χ3n) is 3.48. The normalized spacial score (nSPS) is 43.1. The SMILES string of the molecule is C1=NN([C@H]2CCO2)C2CCCC[C@H]12. The first-order chi connectivity index (χ1) is 6.45. The van der Waals surface area contributed by atoms with E-state index in [2.05, 4.69) is 16.3 Å². The third kappa shape index (κ3) is 1.17. The predicted molar refractivity (Wildman–Crippen MR) is 50.4 cm³/mol. The van der Waals surface area contributed by atoms with Crippen LogP contribution in [0.4, 0.5) is 0 Å². The van der Waals surface area contributed by atoms with Gasteiger partial charge in [0.25, 0.3) is 0 Å². The van der Waals surface area contributed by atoms with Crippen LogP contribution < -0.4 is 0 Å². The van der Waals surface area contributed by atoms with E-state index in [1.54, 1.807) is 0 Å². The molecule has 3 atom stereocenters. The van der Waals surface area contributed by atoms with E-state index in [1.807, 2.05) is 0 Å². The van der Waals surface area contributed by atoms with E-state index >= 15 is 0 Å². The fraction of sp³-hybridized carbons (Fsp3) is 0.900. The molecule has 1 saturated carbocycles. The van der Waals surface area contributed by atoms with Gasteiger partial charge in [-0.2, -0.15) is 5.10 Å². The Hall–Kier alpha value is -0.570. The van der Waals surface area contributed by atoms with E-state index in [0.29, 0.717) is 12.3 Å². The lowest BCUT2D eigenvalue weighted by Gasteiger charge is -2.40. The van der Waals surface area contributed by atoms with Gasteiger partial charge in [-0.05, 0) is 12.8 Å². The number of hydrogen-bond donors (Lipinski definition) is 0. The van der Waals surface area contributed by atoms with Gasteiger partial charge in [0.2, 0.25) is 0 Å². The molecule has 0 aromatic heterocycles. The van der Waals surface area contributed by atoms with Crippen LogP contribution in [0.3, 0.4) is 0 Å². The Kier molecular flexibility index (Phi) is 1.79. The van der Waals surface area contributed by atoms with Crippen LogP contribution >= 0.6 is 0 Å². The third-order valence-corrected chi connectivity index (χ3v) is 3.48. The molecule has 1 aliphatic carbocycles. The highest BCUT2D eigenvalue weighted by atomic mass is 16.5. The van der Waals surface area contributed by atoms with Crippen LogP contribution in [0.25, 0.3) is 0 Å². The Bertz CT molecular complexity index is 225. The molecule has 0 aromatic rings. The van der Waals surface area contributed by atoms with Gasteiger partial charge in [0.15, 0.2) is 0 Å². The Balaban J connectivity index is 1.72. The number of fused-ring (bicyclic) bond motifs is 1. The molecule has 2 aliphatic heterocycles. The number of rotatable bonds is 1. The first-order valence-corrected chi connectivity index (χ1v) is 5.39. The Morgan fingerprint density at radius 3 is 2.85 bits per heavy atom. The lowest BCUT2D eigenvalue weighted by Crippen LogP contribution is -2.47. The maximum Gasteiger partial charge on any atom is 0.148 e. The molecule has 72 valence electrons. The van der Waals surface area contributed by atoms with Crippen LogP contribution in [0, 0.1) is 5.92 Å². The van der Waals surface area contributed by atoms with E-state index in [0.717, 1.165) is 12.5 Å². The Labute approximate surface area is 78.7 Å². The topological polar surface area (TPSA) is 24.8 Å². The minimum Gasteiger partial charge on any atom is -0.357 e. The Morgan fingerprint density at radius 1 is 1.23 bits per heavy atom. The lowest BCUT2D eigenvalue weighted by molar-refractivity contribution is -0.159. The minimum atomic E-state index is 0.310. The minimum absolute atomic E-state index is 0.310. The van der Waals surface area contributed by atoms with Gasteiger partial charge < -0.3 is 4.74 Å². The largest absolute Gasteiger partial charge is 0.357 e. The molecule has 3 heteroatoms. The summed E-state index contributed by atoms with van der Waals surface area (Å²) < 4.78 is 5.48. The second-order valence-corrected chi connectivity index (χ2v) is 4.27. The molecule has 0 aromatic carbocycles. The zero-order chi connectivity index (χ0) is 8.67. The molecular weight excluding hydrogens is 164 g/mol. The monoisotopic (exact) mass is 180 g/mol. The molecule has 0 spiro atoms. The quantitative estimate of drug-likeness (QED) is 0.612. The van der Waals surface area contributed by atoms with Gasteiger partial charge in [0.05, 0.1) is 12.6 Å². The first-order valence-electron chi connectivity index (χ1n) is 5.39. The van der Waals surface area contributed by atoms with Crippen molar-refractivity contribution in [2.45, 2.75) is 44.4 Å². The van der Waals surface area contributed by atoms with Crippen molar-refractivity contribution in [3.63, 3.8) is 0 Å². The van der Waals surface area contributed by atoms with E-state index in [1.165, 1.54) is 32.1 Å². The van der Waals surface area contributed by atoms with Crippen LogP contribution in [-0.2, 0) is 4.74 Å². The van der Waals surface area contributed by atoms with Crippen LogP contribution in [-0.4, -0.2) is 30.1 Å². The van der Waals surface area contributed by atoms with Gasteiger partial charge in [0.1, 0.15) is 6.23 Å².